The molecule has 0 bridgehead atoms. The number of esters is 3. The first kappa shape index (κ1) is 65.1. The predicted molar refractivity (Wildman–Crippen MR) is 297 cm³/mol. The monoisotopic (exact) mass is 957 g/mol. The SMILES string of the molecule is CC/C=C\C/C=C\C/C=C\C/C=C\CCCCCCC(=O)OCC(COC(=O)CCCCCC/C=C\C/C=C\C/C=C\C/C=C\CC)OC(=O)CCCCCCCCC/C=C\CCCCCCCC. The van der Waals surface area contributed by atoms with Gasteiger partial charge in [-0.3, -0.25) is 14.4 Å². The summed E-state index contributed by atoms with van der Waals surface area (Å²) < 4.78 is 16.8. The minimum Gasteiger partial charge on any atom is -0.462 e. The van der Waals surface area contributed by atoms with Crippen LogP contribution in [-0.2, 0) is 28.6 Å². The van der Waals surface area contributed by atoms with Gasteiger partial charge in [0.2, 0.25) is 0 Å². The fourth-order valence-corrected chi connectivity index (χ4v) is 7.54. The van der Waals surface area contributed by atoms with E-state index in [1.165, 1.54) is 77.0 Å². The highest BCUT2D eigenvalue weighted by molar-refractivity contribution is 5.71. The summed E-state index contributed by atoms with van der Waals surface area (Å²) in [5, 5.41) is 0. The highest BCUT2D eigenvalue weighted by atomic mass is 16.6. The summed E-state index contributed by atoms with van der Waals surface area (Å²) in [7, 11) is 0. The number of rotatable bonds is 50. The maximum Gasteiger partial charge on any atom is 0.306 e. The van der Waals surface area contributed by atoms with Gasteiger partial charge in [-0.25, -0.2) is 0 Å². The third-order valence-corrected chi connectivity index (χ3v) is 11.7. The fourth-order valence-electron chi connectivity index (χ4n) is 7.54. The van der Waals surface area contributed by atoms with Crippen LogP contribution in [0.4, 0.5) is 0 Å². The Labute approximate surface area is 425 Å². The molecule has 0 aromatic rings. The van der Waals surface area contributed by atoms with Crippen LogP contribution in [0.5, 0.6) is 0 Å². The third-order valence-electron chi connectivity index (χ3n) is 11.7. The van der Waals surface area contributed by atoms with E-state index >= 15 is 0 Å². The molecule has 0 aromatic carbocycles. The van der Waals surface area contributed by atoms with E-state index in [0.29, 0.717) is 19.3 Å². The molecule has 0 saturated carbocycles. The van der Waals surface area contributed by atoms with E-state index in [1.807, 2.05) is 0 Å². The smallest absolute Gasteiger partial charge is 0.306 e. The van der Waals surface area contributed by atoms with Crippen LogP contribution in [0.1, 0.15) is 252 Å². The Morgan fingerprint density at radius 1 is 0.304 bits per heavy atom. The van der Waals surface area contributed by atoms with Crippen LogP contribution in [0.25, 0.3) is 0 Å². The van der Waals surface area contributed by atoms with Gasteiger partial charge in [0.05, 0.1) is 0 Å². The lowest BCUT2D eigenvalue weighted by Crippen LogP contribution is -2.30. The second-order valence-electron chi connectivity index (χ2n) is 18.4. The molecule has 0 unspecified atom stereocenters. The van der Waals surface area contributed by atoms with Crippen molar-refractivity contribution in [1.29, 1.82) is 0 Å². The molecule has 0 aromatic heterocycles. The van der Waals surface area contributed by atoms with Crippen molar-refractivity contribution in [3.63, 3.8) is 0 Å². The first-order chi connectivity index (χ1) is 34.0. The molecule has 0 amide bonds. The number of ether oxygens (including phenoxy) is 3. The topological polar surface area (TPSA) is 78.9 Å². The molecule has 0 rings (SSSR count). The van der Waals surface area contributed by atoms with E-state index in [1.54, 1.807) is 0 Å². The second kappa shape index (κ2) is 56.7. The molecule has 0 radical (unpaired) electrons. The number of carbonyl (C=O) groups excluding carboxylic acids is 3. The Hall–Kier alpha value is -3.93. The number of carbonyl (C=O) groups is 3. The summed E-state index contributed by atoms with van der Waals surface area (Å²) in [6, 6.07) is 0. The van der Waals surface area contributed by atoms with Crippen LogP contribution in [0.15, 0.2) is 109 Å². The highest BCUT2D eigenvalue weighted by Crippen LogP contribution is 2.14. The van der Waals surface area contributed by atoms with Gasteiger partial charge in [-0.1, -0.05) is 220 Å². The maximum atomic E-state index is 12.9. The summed E-state index contributed by atoms with van der Waals surface area (Å²) in [6.07, 6.45) is 76.4. The van der Waals surface area contributed by atoms with Crippen LogP contribution in [0.2, 0.25) is 0 Å². The molecule has 69 heavy (non-hydrogen) atoms. The van der Waals surface area contributed by atoms with E-state index < -0.39 is 6.10 Å². The van der Waals surface area contributed by atoms with Gasteiger partial charge in [0.15, 0.2) is 6.10 Å². The molecular formula is C63H104O6. The number of hydrogen-bond acceptors (Lipinski definition) is 6. The highest BCUT2D eigenvalue weighted by Gasteiger charge is 2.19. The summed E-state index contributed by atoms with van der Waals surface area (Å²) in [6.45, 7) is 6.37. The zero-order valence-corrected chi connectivity index (χ0v) is 44.8. The van der Waals surface area contributed by atoms with Crippen molar-refractivity contribution in [3.05, 3.63) is 109 Å². The molecule has 0 atom stereocenters. The lowest BCUT2D eigenvalue weighted by atomic mass is 10.1. The third kappa shape index (κ3) is 54.9. The van der Waals surface area contributed by atoms with E-state index in [0.717, 1.165) is 135 Å². The molecular weight excluding hydrogens is 853 g/mol. The van der Waals surface area contributed by atoms with Gasteiger partial charge >= 0.3 is 17.9 Å². The van der Waals surface area contributed by atoms with Crippen LogP contribution in [0.3, 0.4) is 0 Å². The maximum absolute atomic E-state index is 12.9. The Morgan fingerprint density at radius 3 is 0.899 bits per heavy atom. The normalized spacial score (nSPS) is 12.5. The summed E-state index contributed by atoms with van der Waals surface area (Å²) in [5.41, 5.74) is 0. The van der Waals surface area contributed by atoms with Gasteiger partial charge in [0.1, 0.15) is 13.2 Å². The van der Waals surface area contributed by atoms with Crippen molar-refractivity contribution >= 4 is 17.9 Å². The molecule has 0 fully saturated rings. The van der Waals surface area contributed by atoms with Crippen molar-refractivity contribution in [1.82, 2.24) is 0 Å². The van der Waals surface area contributed by atoms with E-state index in [2.05, 4.69) is 130 Å². The minimum atomic E-state index is -0.803. The van der Waals surface area contributed by atoms with Gasteiger partial charge < -0.3 is 14.2 Å². The summed E-state index contributed by atoms with van der Waals surface area (Å²) >= 11 is 0. The van der Waals surface area contributed by atoms with Crippen molar-refractivity contribution in [2.45, 2.75) is 258 Å². The summed E-state index contributed by atoms with van der Waals surface area (Å²) in [4.78, 5) is 38.2. The van der Waals surface area contributed by atoms with Crippen molar-refractivity contribution in [3.8, 4) is 0 Å². The molecule has 0 aliphatic heterocycles. The van der Waals surface area contributed by atoms with E-state index in [4.69, 9.17) is 14.2 Å². The lowest BCUT2D eigenvalue weighted by molar-refractivity contribution is -0.167. The van der Waals surface area contributed by atoms with Gasteiger partial charge in [-0.2, -0.15) is 0 Å². The predicted octanol–water partition coefficient (Wildman–Crippen LogP) is 19.1. The molecule has 6 nitrogen and oxygen atoms in total. The lowest BCUT2D eigenvalue weighted by Gasteiger charge is -2.18. The van der Waals surface area contributed by atoms with Gasteiger partial charge in [0.25, 0.3) is 0 Å². The molecule has 0 saturated heterocycles. The van der Waals surface area contributed by atoms with Crippen LogP contribution in [0, 0.1) is 0 Å². The molecule has 392 valence electrons. The van der Waals surface area contributed by atoms with Crippen LogP contribution >= 0.6 is 0 Å². The summed E-state index contributed by atoms with van der Waals surface area (Å²) in [5.74, 6) is -0.951. The minimum absolute atomic E-state index is 0.102. The van der Waals surface area contributed by atoms with E-state index in [9.17, 15) is 14.4 Å². The second-order valence-corrected chi connectivity index (χ2v) is 18.4. The number of allylic oxidation sites excluding steroid dienone is 18. The zero-order chi connectivity index (χ0) is 50.0. The average Bonchev–Trinajstić information content (AvgIpc) is 3.35. The van der Waals surface area contributed by atoms with Gasteiger partial charge in [0, 0.05) is 19.3 Å². The van der Waals surface area contributed by atoms with E-state index in [-0.39, 0.29) is 31.1 Å². The Morgan fingerprint density at radius 2 is 0.565 bits per heavy atom. The molecule has 6 heteroatoms. The first-order valence-electron chi connectivity index (χ1n) is 28.4. The molecule has 0 aliphatic carbocycles. The molecule has 0 spiro atoms. The number of unbranched alkanes of at least 4 members (excludes halogenated alkanes) is 21. The van der Waals surface area contributed by atoms with Gasteiger partial charge in [-0.05, 0) is 122 Å². The van der Waals surface area contributed by atoms with Gasteiger partial charge in [-0.15, -0.1) is 0 Å². The Balaban J connectivity index is 4.49. The van der Waals surface area contributed by atoms with Crippen molar-refractivity contribution in [2.24, 2.45) is 0 Å². The zero-order valence-electron chi connectivity index (χ0n) is 44.8. The fraction of sp³-hybridized carbons (Fsp3) is 0.667. The van der Waals surface area contributed by atoms with Crippen LogP contribution in [-0.4, -0.2) is 37.2 Å². The Kier molecular flexibility index (Phi) is 53.4. The van der Waals surface area contributed by atoms with Crippen molar-refractivity contribution < 1.29 is 28.6 Å². The molecule has 0 aliphatic rings. The quantitative estimate of drug-likeness (QED) is 0.0262. The first-order valence-corrected chi connectivity index (χ1v) is 28.4. The average molecular weight is 958 g/mol. The molecule has 0 heterocycles. The molecule has 0 N–H and O–H groups in total. The Bertz CT molecular complexity index is 1350. The standard InChI is InChI=1S/C63H104O6/c1-4-7-10-13-16-19-22-25-28-31-34-37-40-43-46-49-52-55-61(64)67-58-60(69-63(66)57-54-51-48-45-42-39-36-33-30-27-24-21-18-15-12-9-6-3)59-68-62(65)56-53-50-47-44-41-38-35-32-29-26-23-20-17-14-11-8-5-2/h7-8,10-11,16-17,19-20,25-30,34-35,37-38,60H,4-6,9,12-15,18,21-24,31-33,36,39-59H2,1-3H3/b10-7-,11-8-,19-16-,20-17-,28-25-,29-26-,30-27-,37-34-,38-35-. The number of hydrogen-bond donors (Lipinski definition) is 0. The van der Waals surface area contributed by atoms with Crippen LogP contribution < -0.4 is 0 Å². The van der Waals surface area contributed by atoms with Crippen molar-refractivity contribution in [2.75, 3.05) is 13.2 Å². The largest absolute Gasteiger partial charge is 0.462 e.